The van der Waals surface area contributed by atoms with Crippen molar-refractivity contribution in [3.63, 3.8) is 0 Å². The molecule has 1 aromatic heterocycles. The van der Waals surface area contributed by atoms with Gasteiger partial charge in [0, 0.05) is 6.07 Å². The minimum atomic E-state index is -0.332. The van der Waals surface area contributed by atoms with Crippen molar-refractivity contribution in [1.82, 2.24) is 10.6 Å². The monoisotopic (exact) mass is 411 g/mol. The average molecular weight is 413 g/mol. The van der Waals surface area contributed by atoms with Gasteiger partial charge in [-0.15, -0.1) is 0 Å². The number of aromatic nitrogens is 1. The lowest BCUT2D eigenvalue weighted by atomic mass is 10.0. The minimum Gasteiger partial charge on any atom is -0.506 e. The van der Waals surface area contributed by atoms with Crippen LogP contribution in [0.3, 0.4) is 0 Å². The number of carbonyl (C=O) groups is 1. The molecule has 6 nitrogen and oxygen atoms in total. The van der Waals surface area contributed by atoms with Crippen LogP contribution in [0.2, 0.25) is 0 Å². The van der Waals surface area contributed by atoms with Crippen molar-refractivity contribution in [2.24, 2.45) is 5.10 Å². The quantitative estimate of drug-likeness (QED) is 0.742. The fourth-order valence-electron chi connectivity index (χ4n) is 1.83. The highest BCUT2D eigenvalue weighted by molar-refractivity contribution is 9.11. The predicted molar refractivity (Wildman–Crippen MR) is 82.7 cm³/mol. The van der Waals surface area contributed by atoms with Crippen molar-refractivity contribution in [3.05, 3.63) is 50.2 Å². The standard InChI is InChI=1S/C13H7Br2N3O3/c14-8-4-6(5-9(15)12(8)19)3-7-11(17-18-13(7)20)10-1-2-16-21-10/h1-5,19H,(H,18,20)/b7-3+. The molecular formula is C13H7Br2N3O3. The number of benzene rings is 1. The Labute approximate surface area is 135 Å². The average Bonchev–Trinajstić information content (AvgIpc) is 3.07. The van der Waals surface area contributed by atoms with E-state index in [0.717, 1.165) is 0 Å². The predicted octanol–water partition coefficient (Wildman–Crippen LogP) is 2.82. The van der Waals surface area contributed by atoms with Gasteiger partial charge < -0.3 is 9.63 Å². The second-order valence-electron chi connectivity index (χ2n) is 4.17. The molecule has 0 fully saturated rings. The molecule has 1 aromatic carbocycles. The van der Waals surface area contributed by atoms with Crippen molar-refractivity contribution >= 4 is 49.6 Å². The lowest BCUT2D eigenvalue weighted by Gasteiger charge is -2.03. The van der Waals surface area contributed by atoms with Gasteiger partial charge in [0.25, 0.3) is 5.91 Å². The normalized spacial score (nSPS) is 16.2. The van der Waals surface area contributed by atoms with E-state index in [2.05, 4.69) is 47.5 Å². The van der Waals surface area contributed by atoms with Gasteiger partial charge in [-0.3, -0.25) is 4.79 Å². The van der Waals surface area contributed by atoms with Crippen molar-refractivity contribution in [1.29, 1.82) is 0 Å². The largest absolute Gasteiger partial charge is 0.506 e. The maximum Gasteiger partial charge on any atom is 0.273 e. The highest BCUT2D eigenvalue weighted by Gasteiger charge is 2.26. The number of hydrogen-bond donors (Lipinski definition) is 2. The summed E-state index contributed by atoms with van der Waals surface area (Å²) in [6.07, 6.45) is 3.13. The summed E-state index contributed by atoms with van der Waals surface area (Å²) in [4.78, 5) is 11.9. The molecule has 0 bridgehead atoms. The summed E-state index contributed by atoms with van der Waals surface area (Å²) in [7, 11) is 0. The third-order valence-corrected chi connectivity index (χ3v) is 4.00. The van der Waals surface area contributed by atoms with E-state index in [1.807, 2.05) is 0 Å². The number of phenolic OH excluding ortho intramolecular Hbond substituents is 1. The van der Waals surface area contributed by atoms with Crippen LogP contribution in [0, 0.1) is 0 Å². The molecule has 1 amide bonds. The van der Waals surface area contributed by atoms with Gasteiger partial charge in [-0.05, 0) is 55.6 Å². The molecule has 0 spiro atoms. The summed E-state index contributed by atoms with van der Waals surface area (Å²) in [6, 6.07) is 5.00. The number of carbonyl (C=O) groups excluding carboxylic acids is 1. The van der Waals surface area contributed by atoms with E-state index in [4.69, 9.17) is 4.52 Å². The highest BCUT2D eigenvalue weighted by Crippen LogP contribution is 2.34. The van der Waals surface area contributed by atoms with Gasteiger partial charge in [-0.1, -0.05) is 5.16 Å². The van der Waals surface area contributed by atoms with Crippen LogP contribution in [0.5, 0.6) is 5.75 Å². The number of phenols is 1. The zero-order valence-corrected chi connectivity index (χ0v) is 13.5. The Kier molecular flexibility index (Phi) is 3.64. The molecule has 0 saturated heterocycles. The summed E-state index contributed by atoms with van der Waals surface area (Å²) in [5.74, 6) is 0.162. The topological polar surface area (TPSA) is 87.7 Å². The maximum atomic E-state index is 11.9. The van der Waals surface area contributed by atoms with Crippen LogP contribution >= 0.6 is 31.9 Å². The Morgan fingerprint density at radius 1 is 1.29 bits per heavy atom. The van der Waals surface area contributed by atoms with Crippen LogP contribution in [0.4, 0.5) is 0 Å². The first-order valence-electron chi connectivity index (χ1n) is 5.75. The third-order valence-electron chi connectivity index (χ3n) is 2.79. The molecule has 2 N–H and O–H groups in total. The number of nitrogens with one attached hydrogen (secondary N) is 1. The van der Waals surface area contributed by atoms with Crippen molar-refractivity contribution < 1.29 is 14.4 Å². The molecule has 0 aliphatic carbocycles. The second kappa shape index (κ2) is 5.45. The zero-order chi connectivity index (χ0) is 15.0. The molecule has 0 saturated carbocycles. The molecule has 2 heterocycles. The number of nitrogens with zero attached hydrogens (tertiary/aromatic N) is 2. The Morgan fingerprint density at radius 2 is 2.00 bits per heavy atom. The molecule has 8 heteroatoms. The molecule has 2 aromatic rings. The lowest BCUT2D eigenvalue weighted by Crippen LogP contribution is -2.13. The summed E-state index contributed by atoms with van der Waals surface area (Å²) in [5.41, 5.74) is 3.85. The van der Waals surface area contributed by atoms with Crippen molar-refractivity contribution in [2.45, 2.75) is 0 Å². The van der Waals surface area contributed by atoms with Crippen LogP contribution in [-0.2, 0) is 4.79 Å². The zero-order valence-electron chi connectivity index (χ0n) is 10.3. The van der Waals surface area contributed by atoms with Gasteiger partial charge in [0.05, 0.1) is 20.7 Å². The van der Waals surface area contributed by atoms with E-state index in [1.54, 1.807) is 24.3 Å². The van der Waals surface area contributed by atoms with Gasteiger partial charge >= 0.3 is 0 Å². The fraction of sp³-hybridized carbons (Fsp3) is 0. The number of amides is 1. The number of halogens is 2. The van der Waals surface area contributed by atoms with Crippen LogP contribution in [0.1, 0.15) is 11.3 Å². The van der Waals surface area contributed by atoms with E-state index in [1.165, 1.54) is 6.20 Å². The van der Waals surface area contributed by atoms with Crippen LogP contribution in [0.15, 0.2) is 48.5 Å². The molecule has 0 radical (unpaired) electrons. The SMILES string of the molecule is O=C1NN=C(c2ccno2)/C1=C\c1cc(Br)c(O)c(Br)c1. The minimum absolute atomic E-state index is 0.0946. The molecular weight excluding hydrogens is 406 g/mol. The lowest BCUT2D eigenvalue weighted by molar-refractivity contribution is -0.116. The first-order chi connectivity index (χ1) is 10.1. The van der Waals surface area contributed by atoms with E-state index in [0.29, 0.717) is 31.6 Å². The number of rotatable bonds is 2. The second-order valence-corrected chi connectivity index (χ2v) is 5.88. The first kappa shape index (κ1) is 14.0. The van der Waals surface area contributed by atoms with E-state index < -0.39 is 0 Å². The third kappa shape index (κ3) is 2.64. The highest BCUT2D eigenvalue weighted by atomic mass is 79.9. The Bertz CT molecular complexity index is 759. The van der Waals surface area contributed by atoms with Crippen LogP contribution in [0.25, 0.3) is 6.08 Å². The molecule has 106 valence electrons. The van der Waals surface area contributed by atoms with E-state index >= 15 is 0 Å². The van der Waals surface area contributed by atoms with E-state index in [-0.39, 0.29) is 11.7 Å². The van der Waals surface area contributed by atoms with Crippen molar-refractivity contribution in [3.8, 4) is 5.75 Å². The van der Waals surface area contributed by atoms with Gasteiger partial charge in [0.15, 0.2) is 5.76 Å². The molecule has 0 atom stereocenters. The molecule has 1 aliphatic heterocycles. The number of aromatic hydroxyl groups is 1. The fourth-order valence-corrected chi connectivity index (χ4v) is 3.05. The van der Waals surface area contributed by atoms with Gasteiger partial charge in [0.2, 0.25) is 0 Å². The Morgan fingerprint density at radius 3 is 2.62 bits per heavy atom. The van der Waals surface area contributed by atoms with Gasteiger partial charge in [-0.2, -0.15) is 5.10 Å². The molecule has 21 heavy (non-hydrogen) atoms. The number of hydrazone groups is 1. The Balaban J connectivity index is 2.05. The van der Waals surface area contributed by atoms with Gasteiger partial charge in [0.1, 0.15) is 11.5 Å². The molecule has 0 unspecified atom stereocenters. The summed E-state index contributed by atoms with van der Waals surface area (Å²) < 4.78 is 6.06. The van der Waals surface area contributed by atoms with Gasteiger partial charge in [-0.25, -0.2) is 5.43 Å². The van der Waals surface area contributed by atoms with Crippen LogP contribution < -0.4 is 5.43 Å². The number of hydrogen-bond acceptors (Lipinski definition) is 5. The van der Waals surface area contributed by atoms with E-state index in [9.17, 15) is 9.90 Å². The summed E-state index contributed by atoms with van der Waals surface area (Å²) in [5, 5.41) is 17.2. The molecule has 3 rings (SSSR count). The first-order valence-corrected chi connectivity index (χ1v) is 7.34. The summed E-state index contributed by atoms with van der Waals surface area (Å²) in [6.45, 7) is 0. The Hall–Kier alpha value is -1.93. The molecule has 1 aliphatic rings. The summed E-state index contributed by atoms with van der Waals surface area (Å²) >= 11 is 6.49. The van der Waals surface area contributed by atoms with Crippen LogP contribution in [-0.4, -0.2) is 21.9 Å². The van der Waals surface area contributed by atoms with Crippen molar-refractivity contribution in [2.75, 3.05) is 0 Å². The maximum absolute atomic E-state index is 11.9. The smallest absolute Gasteiger partial charge is 0.273 e.